The van der Waals surface area contributed by atoms with Crippen molar-refractivity contribution < 1.29 is 13.9 Å². The molecule has 0 fully saturated rings. The van der Waals surface area contributed by atoms with Crippen molar-refractivity contribution in [1.29, 1.82) is 0 Å². The summed E-state index contributed by atoms with van der Waals surface area (Å²) in [4.78, 5) is 19.9. The van der Waals surface area contributed by atoms with Crippen molar-refractivity contribution in [1.82, 2.24) is 5.32 Å². The first-order valence-corrected chi connectivity index (χ1v) is 12.4. The number of esters is 1. The maximum absolute atomic E-state index is 15.5. The van der Waals surface area contributed by atoms with Crippen LogP contribution in [0, 0.1) is 11.2 Å². The van der Waals surface area contributed by atoms with E-state index in [0.29, 0.717) is 34.8 Å². The molecule has 0 spiro atoms. The molecule has 0 aromatic heterocycles. The lowest BCUT2D eigenvalue weighted by molar-refractivity contribution is -0.152. The van der Waals surface area contributed by atoms with Crippen LogP contribution < -0.4 is 11.1 Å². The lowest BCUT2D eigenvalue weighted by Gasteiger charge is -2.14. The highest BCUT2D eigenvalue weighted by Crippen LogP contribution is 2.27. The van der Waals surface area contributed by atoms with Crippen LogP contribution in [0.4, 0.5) is 4.39 Å². The van der Waals surface area contributed by atoms with Gasteiger partial charge in [-0.3, -0.25) is 4.79 Å². The highest BCUT2D eigenvalue weighted by molar-refractivity contribution is 6.02. The van der Waals surface area contributed by atoms with Crippen LogP contribution in [0.1, 0.15) is 43.0 Å². The molecule has 7 heteroatoms. The summed E-state index contributed by atoms with van der Waals surface area (Å²) in [6.07, 6.45) is 3.17. The van der Waals surface area contributed by atoms with Gasteiger partial charge in [-0.2, -0.15) is 0 Å². The predicted octanol–water partition coefficient (Wildman–Crippen LogP) is 5.03. The number of hydrogen-bond acceptors (Lipinski definition) is 4. The minimum atomic E-state index is -0.594. The van der Waals surface area contributed by atoms with E-state index >= 15 is 4.39 Å². The molecule has 1 aliphatic rings. The molecule has 0 bridgehead atoms. The molecular formula is C30H33FN4O2. The molecule has 0 amide bonds. The number of nitrogens with zero attached hydrogens (tertiary/aromatic N) is 2. The van der Waals surface area contributed by atoms with E-state index < -0.39 is 5.41 Å². The Bertz CT molecular complexity index is 1300. The number of hydrogen-bond donors (Lipinski definition) is 2. The summed E-state index contributed by atoms with van der Waals surface area (Å²) >= 11 is 0. The van der Waals surface area contributed by atoms with Crippen LogP contribution in [0.2, 0.25) is 0 Å². The molecule has 3 N–H and O–H groups in total. The summed E-state index contributed by atoms with van der Waals surface area (Å²) in [5.74, 6) is -0.366. The zero-order chi connectivity index (χ0) is 26.4. The average Bonchev–Trinajstić information content (AvgIpc) is 3.30. The molecule has 4 rings (SSSR count). The molecule has 3 aromatic carbocycles. The van der Waals surface area contributed by atoms with Gasteiger partial charge in [0, 0.05) is 29.3 Å². The number of nitrogens with one attached hydrogen (secondary N) is 1. The zero-order valence-electron chi connectivity index (χ0n) is 21.5. The third-order valence-corrected chi connectivity index (χ3v) is 6.34. The largest absolute Gasteiger partial charge is 0.442 e. The molecule has 192 valence electrons. The van der Waals surface area contributed by atoms with Gasteiger partial charge < -0.3 is 15.8 Å². The second kappa shape index (κ2) is 11.5. The molecular weight excluding hydrogens is 467 g/mol. The third-order valence-electron chi connectivity index (χ3n) is 6.34. The van der Waals surface area contributed by atoms with Crippen LogP contribution in [-0.2, 0) is 28.9 Å². The molecule has 3 aromatic rings. The summed E-state index contributed by atoms with van der Waals surface area (Å²) in [5, 5.41) is 3.52. The Labute approximate surface area is 217 Å². The maximum Gasteiger partial charge on any atom is 0.313 e. The normalized spacial score (nSPS) is 14.2. The van der Waals surface area contributed by atoms with Crippen molar-refractivity contribution in [2.45, 2.75) is 46.2 Å². The van der Waals surface area contributed by atoms with Crippen LogP contribution in [0.5, 0.6) is 0 Å². The van der Waals surface area contributed by atoms with Gasteiger partial charge in [-0.15, -0.1) is 0 Å². The van der Waals surface area contributed by atoms with Gasteiger partial charge in [0.1, 0.15) is 18.0 Å². The fourth-order valence-electron chi connectivity index (χ4n) is 4.27. The van der Waals surface area contributed by atoms with E-state index in [0.717, 1.165) is 12.8 Å². The number of ether oxygens (including phenoxy) is 1. The topological polar surface area (TPSA) is 89.1 Å². The minimum absolute atomic E-state index is 0.133. The lowest BCUT2D eigenvalue weighted by Crippen LogP contribution is -2.29. The third kappa shape index (κ3) is 6.68. The number of nitrogens with two attached hydrogens (primary N) is 1. The summed E-state index contributed by atoms with van der Waals surface area (Å²) < 4.78 is 20.6. The van der Waals surface area contributed by atoms with Crippen molar-refractivity contribution in [3.63, 3.8) is 0 Å². The number of amidine groups is 1. The summed E-state index contributed by atoms with van der Waals surface area (Å²) in [6, 6.07) is 21.5. The number of aliphatic imine (C=N–C) groups is 2. The van der Waals surface area contributed by atoms with E-state index in [9.17, 15) is 4.79 Å². The minimum Gasteiger partial charge on any atom is -0.442 e. The lowest BCUT2D eigenvalue weighted by atomic mass is 9.98. The predicted molar refractivity (Wildman–Crippen MR) is 146 cm³/mol. The maximum atomic E-state index is 15.5. The molecule has 0 saturated carbocycles. The average molecular weight is 501 g/mol. The van der Waals surface area contributed by atoms with Crippen LogP contribution in [-0.4, -0.2) is 30.9 Å². The van der Waals surface area contributed by atoms with Gasteiger partial charge in [0.25, 0.3) is 0 Å². The van der Waals surface area contributed by atoms with E-state index in [2.05, 4.69) is 39.6 Å². The van der Waals surface area contributed by atoms with E-state index in [-0.39, 0.29) is 24.4 Å². The van der Waals surface area contributed by atoms with E-state index in [1.165, 1.54) is 17.5 Å². The summed E-state index contributed by atoms with van der Waals surface area (Å²) in [7, 11) is 0. The van der Waals surface area contributed by atoms with Gasteiger partial charge >= 0.3 is 5.97 Å². The molecule has 0 radical (unpaired) electrons. The van der Waals surface area contributed by atoms with Gasteiger partial charge in [-0.05, 0) is 56.4 Å². The number of fused-ring (bicyclic) bond motifs is 1. The summed E-state index contributed by atoms with van der Waals surface area (Å²) in [5.41, 5.74) is 10.7. The first-order chi connectivity index (χ1) is 17.7. The Morgan fingerprint density at radius 3 is 2.49 bits per heavy atom. The highest BCUT2D eigenvalue weighted by Gasteiger charge is 2.23. The zero-order valence-corrected chi connectivity index (χ0v) is 21.5. The van der Waals surface area contributed by atoms with Gasteiger partial charge in [0.2, 0.25) is 0 Å². The van der Waals surface area contributed by atoms with Crippen molar-refractivity contribution in [2.75, 3.05) is 6.73 Å². The number of carbonyl (C=O) groups excluding carboxylic acids is 1. The number of halogens is 1. The van der Waals surface area contributed by atoms with Crippen LogP contribution in [0.3, 0.4) is 0 Å². The Hall–Kier alpha value is -3.84. The fraction of sp³-hybridized carbons (Fsp3) is 0.300. The molecule has 0 saturated heterocycles. The number of carbonyl (C=O) groups is 1. The van der Waals surface area contributed by atoms with Gasteiger partial charge in [-0.25, -0.2) is 14.4 Å². The van der Waals surface area contributed by atoms with Crippen LogP contribution >= 0.6 is 0 Å². The monoisotopic (exact) mass is 500 g/mol. The first kappa shape index (κ1) is 26.2. The van der Waals surface area contributed by atoms with Crippen LogP contribution in [0.15, 0.2) is 76.7 Å². The summed E-state index contributed by atoms with van der Waals surface area (Å²) in [6.45, 7) is 5.63. The highest BCUT2D eigenvalue weighted by atomic mass is 19.1. The Kier molecular flexibility index (Phi) is 8.14. The smallest absolute Gasteiger partial charge is 0.313 e. The molecule has 1 aliphatic carbocycles. The first-order valence-electron chi connectivity index (χ1n) is 12.4. The van der Waals surface area contributed by atoms with Crippen molar-refractivity contribution in [2.24, 2.45) is 21.1 Å². The van der Waals surface area contributed by atoms with Gasteiger partial charge in [0.15, 0.2) is 6.73 Å². The van der Waals surface area contributed by atoms with Crippen molar-refractivity contribution in [3.8, 4) is 11.1 Å². The fourth-order valence-corrected chi connectivity index (χ4v) is 4.27. The molecule has 0 heterocycles. The molecule has 0 aliphatic heterocycles. The standard InChI is InChI=1S/C30H33FN4O2/c1-30(2,3)29(36)37-19-33-18-35-28(32)23-11-6-10-22(14-23)26-13-7-12-24(27(26)31)17-34-25-15-20-8-4-5-9-21(20)16-25/h4-14,18,25,34H,15-17,19H2,1-3H3,(H2,32,33,35). The van der Waals surface area contributed by atoms with E-state index in [1.54, 1.807) is 39.0 Å². The molecule has 0 unspecified atom stereocenters. The number of benzene rings is 3. The van der Waals surface area contributed by atoms with Crippen molar-refractivity contribution >= 4 is 18.1 Å². The molecule has 6 nitrogen and oxygen atoms in total. The van der Waals surface area contributed by atoms with Crippen LogP contribution in [0.25, 0.3) is 11.1 Å². The second-order valence-electron chi connectivity index (χ2n) is 10.2. The van der Waals surface area contributed by atoms with Gasteiger partial charge in [-0.1, -0.05) is 60.7 Å². The van der Waals surface area contributed by atoms with Gasteiger partial charge in [0.05, 0.1) is 5.41 Å². The Balaban J connectivity index is 1.40. The second-order valence-corrected chi connectivity index (χ2v) is 10.2. The van der Waals surface area contributed by atoms with E-state index in [4.69, 9.17) is 10.5 Å². The Morgan fingerprint density at radius 2 is 1.78 bits per heavy atom. The number of rotatable bonds is 8. The van der Waals surface area contributed by atoms with Crippen molar-refractivity contribution in [3.05, 3.63) is 94.8 Å². The SMILES string of the molecule is CC(C)(C)C(=O)OC/N=C/N=C(N)c1cccc(-c2cccc(CNC3Cc4ccccc4C3)c2F)c1. The quantitative estimate of drug-likeness (QED) is 0.258. The Morgan fingerprint density at radius 1 is 1.08 bits per heavy atom. The van der Waals surface area contributed by atoms with E-state index in [1.807, 2.05) is 24.3 Å². The molecule has 37 heavy (non-hydrogen) atoms. The molecule has 0 atom stereocenters.